The number of hydrogen-bond acceptors (Lipinski definition) is 8. The van der Waals surface area contributed by atoms with Crippen molar-refractivity contribution in [2.24, 2.45) is 5.92 Å². The van der Waals surface area contributed by atoms with E-state index in [9.17, 15) is 4.79 Å². The van der Waals surface area contributed by atoms with Crippen LogP contribution in [-0.2, 0) is 0 Å². The first kappa shape index (κ1) is 21.1. The predicted molar refractivity (Wildman–Crippen MR) is 129 cm³/mol. The smallest absolute Gasteiger partial charge is 0.253 e. The minimum absolute atomic E-state index is 0.0430. The molecule has 4 aromatic rings. The third-order valence-electron chi connectivity index (χ3n) is 6.73. The molecule has 0 spiro atoms. The van der Waals surface area contributed by atoms with Gasteiger partial charge in [-0.15, -0.1) is 0 Å². The standard InChI is InChI=1S/C23H19Cl2N7O2/c24-15-5-11(13-6-27-10-28-7-13)1-3-14(15)23(33)30-19-12-2-4-17(19)32(9-12)22-20-18(16(25)8-29-22)21(26)31-34-20/h1,3,5-8,10,12,17,19H,2,4,9H2,(H2,26,31)(H,30,33). The third-order valence-corrected chi connectivity index (χ3v) is 7.32. The van der Waals surface area contributed by atoms with Crippen LogP contribution in [0.1, 0.15) is 23.2 Å². The summed E-state index contributed by atoms with van der Waals surface area (Å²) in [7, 11) is 0. The predicted octanol–water partition coefficient (Wildman–Crippen LogP) is 3.97. The zero-order valence-corrected chi connectivity index (χ0v) is 19.3. The molecule has 4 heterocycles. The first-order chi connectivity index (χ1) is 16.5. The molecule has 2 fully saturated rings. The van der Waals surface area contributed by atoms with Crippen molar-refractivity contribution in [1.82, 2.24) is 25.4 Å². The molecule has 34 heavy (non-hydrogen) atoms. The Balaban J connectivity index is 1.24. The number of rotatable bonds is 4. The first-order valence-electron chi connectivity index (χ1n) is 10.8. The highest BCUT2D eigenvalue weighted by atomic mass is 35.5. The average molecular weight is 496 g/mol. The number of nitrogens with zero attached hydrogens (tertiary/aromatic N) is 5. The average Bonchev–Trinajstić information content (AvgIpc) is 3.53. The van der Waals surface area contributed by atoms with Crippen LogP contribution in [0.25, 0.3) is 22.1 Å². The van der Waals surface area contributed by atoms with Crippen molar-refractivity contribution >= 4 is 51.7 Å². The lowest BCUT2D eigenvalue weighted by Crippen LogP contribution is -2.44. The molecule has 9 nitrogen and oxygen atoms in total. The minimum Gasteiger partial charge on any atom is -0.380 e. The van der Waals surface area contributed by atoms with Crippen LogP contribution in [0, 0.1) is 5.92 Å². The van der Waals surface area contributed by atoms with Crippen LogP contribution in [-0.4, -0.2) is 44.6 Å². The van der Waals surface area contributed by atoms with E-state index >= 15 is 0 Å². The number of aromatic nitrogens is 4. The van der Waals surface area contributed by atoms with Gasteiger partial charge in [0.05, 0.1) is 33.1 Å². The third kappa shape index (κ3) is 3.35. The number of nitrogens with one attached hydrogen (secondary N) is 1. The summed E-state index contributed by atoms with van der Waals surface area (Å²) in [5.74, 6) is 0.949. The lowest BCUT2D eigenvalue weighted by Gasteiger charge is -2.28. The van der Waals surface area contributed by atoms with Gasteiger partial charge in [0, 0.05) is 30.7 Å². The van der Waals surface area contributed by atoms with E-state index in [2.05, 4.69) is 30.3 Å². The summed E-state index contributed by atoms with van der Waals surface area (Å²) in [6, 6.07) is 5.36. The Hall–Kier alpha value is -3.43. The Morgan fingerprint density at radius 1 is 1.12 bits per heavy atom. The van der Waals surface area contributed by atoms with Gasteiger partial charge in [-0.3, -0.25) is 4.79 Å². The second-order valence-electron chi connectivity index (χ2n) is 8.58. The number of hydrogen-bond donors (Lipinski definition) is 2. The Morgan fingerprint density at radius 2 is 1.94 bits per heavy atom. The zero-order valence-electron chi connectivity index (χ0n) is 17.8. The van der Waals surface area contributed by atoms with Crippen molar-refractivity contribution in [3.8, 4) is 11.1 Å². The van der Waals surface area contributed by atoms with E-state index in [1.54, 1.807) is 30.7 Å². The molecule has 172 valence electrons. The van der Waals surface area contributed by atoms with Crippen LogP contribution in [0.3, 0.4) is 0 Å². The maximum absolute atomic E-state index is 13.2. The monoisotopic (exact) mass is 495 g/mol. The summed E-state index contributed by atoms with van der Waals surface area (Å²) >= 11 is 12.7. The summed E-state index contributed by atoms with van der Waals surface area (Å²) < 4.78 is 5.45. The topological polar surface area (TPSA) is 123 Å². The molecule has 11 heteroatoms. The second-order valence-corrected chi connectivity index (χ2v) is 9.39. The fourth-order valence-electron chi connectivity index (χ4n) is 5.15. The van der Waals surface area contributed by atoms with Crippen molar-refractivity contribution in [2.75, 3.05) is 17.2 Å². The highest BCUT2D eigenvalue weighted by Crippen LogP contribution is 2.43. The van der Waals surface area contributed by atoms with E-state index < -0.39 is 0 Å². The molecular formula is C23H19Cl2N7O2. The number of nitrogen functional groups attached to an aromatic ring is 1. The molecule has 1 amide bonds. The Kier molecular flexibility index (Phi) is 5.04. The number of benzene rings is 1. The molecule has 1 saturated carbocycles. The fraction of sp³-hybridized carbons (Fsp3) is 0.261. The summed E-state index contributed by atoms with van der Waals surface area (Å²) in [5.41, 5.74) is 8.49. The van der Waals surface area contributed by atoms with Gasteiger partial charge < -0.3 is 20.5 Å². The molecule has 3 N–H and O–H groups in total. The number of nitrogens with two attached hydrogens (primary N) is 1. The number of anilines is 2. The number of halogens is 2. The van der Waals surface area contributed by atoms with E-state index in [1.807, 2.05) is 6.07 Å². The highest BCUT2D eigenvalue weighted by molar-refractivity contribution is 6.36. The molecular weight excluding hydrogens is 477 g/mol. The van der Waals surface area contributed by atoms with E-state index in [-0.39, 0.29) is 29.7 Å². The van der Waals surface area contributed by atoms with Crippen LogP contribution >= 0.6 is 23.2 Å². The molecule has 0 radical (unpaired) electrons. The maximum atomic E-state index is 13.2. The van der Waals surface area contributed by atoms with Crippen LogP contribution in [0.15, 0.2) is 47.6 Å². The van der Waals surface area contributed by atoms with Gasteiger partial charge in [-0.05, 0) is 36.5 Å². The molecule has 3 aromatic heterocycles. The quantitative estimate of drug-likeness (QED) is 0.435. The van der Waals surface area contributed by atoms with Gasteiger partial charge >= 0.3 is 0 Å². The molecule has 2 aliphatic rings. The fourth-order valence-corrected chi connectivity index (χ4v) is 5.64. The van der Waals surface area contributed by atoms with E-state index in [0.717, 1.165) is 30.5 Å². The molecule has 1 aromatic carbocycles. The van der Waals surface area contributed by atoms with E-state index in [4.69, 9.17) is 33.5 Å². The van der Waals surface area contributed by atoms with Crippen LogP contribution in [0.4, 0.5) is 11.6 Å². The molecule has 6 rings (SSSR count). The van der Waals surface area contributed by atoms with E-state index in [1.165, 1.54) is 6.33 Å². The van der Waals surface area contributed by atoms with E-state index in [0.29, 0.717) is 32.4 Å². The van der Waals surface area contributed by atoms with Crippen molar-refractivity contribution in [3.05, 3.63) is 58.7 Å². The second kappa shape index (κ2) is 8.11. The van der Waals surface area contributed by atoms with Gasteiger partial charge in [0.1, 0.15) is 6.33 Å². The molecule has 1 aliphatic carbocycles. The number of amides is 1. The lowest BCUT2D eigenvalue weighted by atomic mass is 10.0. The van der Waals surface area contributed by atoms with Gasteiger partial charge in [-0.25, -0.2) is 15.0 Å². The van der Waals surface area contributed by atoms with Gasteiger partial charge in [0.2, 0.25) is 5.58 Å². The normalized spacial score (nSPS) is 21.4. The van der Waals surface area contributed by atoms with Gasteiger partial charge in [-0.1, -0.05) is 34.4 Å². The summed E-state index contributed by atoms with van der Waals surface area (Å²) in [6.45, 7) is 0.737. The maximum Gasteiger partial charge on any atom is 0.253 e. The molecule has 1 aliphatic heterocycles. The molecule has 3 unspecified atom stereocenters. The molecule has 3 atom stereocenters. The molecule has 2 bridgehead atoms. The van der Waals surface area contributed by atoms with Crippen LogP contribution < -0.4 is 16.0 Å². The lowest BCUT2D eigenvalue weighted by molar-refractivity contribution is 0.0932. The minimum atomic E-state index is -0.206. The Morgan fingerprint density at radius 3 is 2.74 bits per heavy atom. The largest absolute Gasteiger partial charge is 0.380 e. The summed E-state index contributed by atoms with van der Waals surface area (Å²) in [4.78, 5) is 27.9. The van der Waals surface area contributed by atoms with Gasteiger partial charge in [-0.2, -0.15) is 0 Å². The SMILES string of the molecule is Nc1noc2c(N3CC4CCC3C4NC(=O)c3ccc(-c4cncnc4)cc3Cl)ncc(Cl)c12. The van der Waals surface area contributed by atoms with Crippen LogP contribution in [0.2, 0.25) is 10.0 Å². The molecule has 1 saturated heterocycles. The van der Waals surface area contributed by atoms with Crippen LogP contribution in [0.5, 0.6) is 0 Å². The number of pyridine rings is 1. The number of carbonyl (C=O) groups is 1. The van der Waals surface area contributed by atoms with Gasteiger partial charge in [0.25, 0.3) is 5.91 Å². The first-order valence-corrected chi connectivity index (χ1v) is 11.6. The number of carbonyl (C=O) groups excluding carboxylic acids is 1. The zero-order chi connectivity index (χ0) is 23.4. The highest BCUT2D eigenvalue weighted by Gasteiger charge is 2.49. The Bertz CT molecular complexity index is 1410. The summed E-state index contributed by atoms with van der Waals surface area (Å²) in [5, 5.41) is 8.39. The van der Waals surface area contributed by atoms with Crippen molar-refractivity contribution in [3.63, 3.8) is 0 Å². The number of piperidine rings is 1. The van der Waals surface area contributed by atoms with Crippen molar-refractivity contribution in [1.29, 1.82) is 0 Å². The van der Waals surface area contributed by atoms with Crippen molar-refractivity contribution in [2.45, 2.75) is 24.9 Å². The van der Waals surface area contributed by atoms with Gasteiger partial charge in [0.15, 0.2) is 11.6 Å². The summed E-state index contributed by atoms with van der Waals surface area (Å²) in [6.07, 6.45) is 8.37. The Labute approximate surface area is 204 Å². The van der Waals surface area contributed by atoms with Crippen molar-refractivity contribution < 1.29 is 9.32 Å². The number of fused-ring (bicyclic) bond motifs is 3.